The van der Waals surface area contributed by atoms with Crippen LogP contribution in [0.2, 0.25) is 0 Å². The van der Waals surface area contributed by atoms with E-state index in [-0.39, 0.29) is 67.3 Å². The van der Waals surface area contributed by atoms with Crippen LogP contribution < -0.4 is 59.3 Å². The zero-order chi connectivity index (χ0) is 48.8. The molecule has 0 radical (unpaired) electrons. The Bertz CT molecular complexity index is 1650. The molecule has 9 amide bonds. The molecule has 13 N–H and O–H groups in total. The highest BCUT2D eigenvalue weighted by Gasteiger charge is 2.36. The summed E-state index contributed by atoms with van der Waals surface area (Å²) in [5.41, 5.74) is 10.9. The van der Waals surface area contributed by atoms with Gasteiger partial charge in [-0.2, -0.15) is 37.9 Å². The van der Waals surface area contributed by atoms with Gasteiger partial charge in [0.05, 0.1) is 6.54 Å². The second kappa shape index (κ2) is 29.2. The number of carbonyl (C=O) groups excluding carboxylic acids is 9. The molecule has 1 heterocycles. The largest absolute Gasteiger partial charge is 0.370 e. The van der Waals surface area contributed by atoms with Gasteiger partial charge >= 0.3 is 0 Å². The highest BCUT2D eigenvalue weighted by molar-refractivity contribution is 7.80. The van der Waals surface area contributed by atoms with E-state index in [9.17, 15) is 43.2 Å². The van der Waals surface area contributed by atoms with Gasteiger partial charge in [0.15, 0.2) is 5.96 Å². The van der Waals surface area contributed by atoms with Gasteiger partial charge in [-0.05, 0) is 49.4 Å². The van der Waals surface area contributed by atoms with Crippen molar-refractivity contribution >= 4 is 97.0 Å². The van der Waals surface area contributed by atoms with Crippen molar-refractivity contribution in [1.29, 1.82) is 0 Å². The van der Waals surface area contributed by atoms with Crippen molar-refractivity contribution in [2.45, 2.75) is 136 Å². The van der Waals surface area contributed by atoms with Crippen molar-refractivity contribution in [3.8, 4) is 0 Å². The van der Waals surface area contributed by atoms with Crippen molar-refractivity contribution in [2.24, 2.45) is 40.1 Å². The minimum Gasteiger partial charge on any atom is -0.370 e. The maximum Gasteiger partial charge on any atom is 0.244 e. The Labute approximate surface area is 392 Å². The fraction of sp³-hybridized carbons (Fsp3) is 0.750. The molecule has 0 spiro atoms. The van der Waals surface area contributed by atoms with Gasteiger partial charge in [0, 0.05) is 23.8 Å². The standard InChI is InChI=1S/C40H72N12O9S3/c1-9-22(8)31-39(61)50-27(17-63)35(57)45-23(11-10-12-43-40(41)42)33(55)48-26(16-62)36(58)46-25(14-20(4)5)34(56)49-28(18-64)37(59)52-30(21(6)7)38(60)47-24(13-19(2)3)32(54)44-15-29(53)51-31/h19-28,30-31,62-64H,9-18H2,1-8H3,(H,44,54)(H,45,57)(H,46,58)(H,47,60)(H,48,55)(H,49,56)(H,50,61)(H,51,53)(H,52,59)(H4,41,42,43)/t22-,23-,24-,25-,26-,27-,28-,30-,31-/m0/s1. The third kappa shape index (κ3) is 20.2. The van der Waals surface area contributed by atoms with E-state index < -0.39 is 120 Å². The maximum atomic E-state index is 13.8. The van der Waals surface area contributed by atoms with Gasteiger partial charge < -0.3 is 59.3 Å². The summed E-state index contributed by atoms with van der Waals surface area (Å²) in [5.74, 6) is -8.87. The van der Waals surface area contributed by atoms with E-state index in [1.807, 2.05) is 27.7 Å². The zero-order valence-electron chi connectivity index (χ0n) is 38.1. The van der Waals surface area contributed by atoms with Crippen LogP contribution in [0.3, 0.4) is 0 Å². The van der Waals surface area contributed by atoms with Crippen LogP contribution in [-0.4, -0.2) is 138 Å². The molecule has 0 unspecified atom stereocenters. The van der Waals surface area contributed by atoms with Gasteiger partial charge in [-0.3, -0.25) is 48.1 Å². The first-order valence-corrected chi connectivity index (χ1v) is 23.5. The van der Waals surface area contributed by atoms with Gasteiger partial charge in [-0.25, -0.2) is 0 Å². The molecule has 0 aromatic heterocycles. The third-order valence-electron chi connectivity index (χ3n) is 10.2. The van der Waals surface area contributed by atoms with Crippen LogP contribution in [-0.2, 0) is 43.2 Å². The molecular weight excluding hydrogens is 889 g/mol. The van der Waals surface area contributed by atoms with Crippen LogP contribution >= 0.6 is 37.9 Å². The van der Waals surface area contributed by atoms with Crippen molar-refractivity contribution in [3.63, 3.8) is 0 Å². The van der Waals surface area contributed by atoms with Gasteiger partial charge in [0.2, 0.25) is 53.2 Å². The Morgan fingerprint density at radius 1 is 0.547 bits per heavy atom. The van der Waals surface area contributed by atoms with Crippen LogP contribution in [0.5, 0.6) is 0 Å². The Morgan fingerprint density at radius 3 is 1.39 bits per heavy atom. The molecule has 1 saturated heterocycles. The number of carbonyl (C=O) groups is 9. The molecular formula is C40H72N12O9S3. The molecule has 1 rings (SSSR count). The summed E-state index contributed by atoms with van der Waals surface area (Å²) in [6.07, 6.45) is 0.867. The molecule has 364 valence electrons. The number of nitrogens with one attached hydrogen (secondary N) is 9. The predicted octanol–water partition coefficient (Wildman–Crippen LogP) is -2.37. The van der Waals surface area contributed by atoms with Crippen molar-refractivity contribution < 1.29 is 43.2 Å². The van der Waals surface area contributed by atoms with Gasteiger partial charge in [0.25, 0.3) is 0 Å². The Balaban J connectivity index is 3.80. The van der Waals surface area contributed by atoms with Crippen LogP contribution in [0.4, 0.5) is 0 Å². The number of guanidine groups is 1. The Morgan fingerprint density at radius 2 is 0.938 bits per heavy atom. The second-order valence-corrected chi connectivity index (χ2v) is 18.1. The van der Waals surface area contributed by atoms with Gasteiger partial charge in [-0.15, -0.1) is 0 Å². The number of amides is 9. The fourth-order valence-electron chi connectivity index (χ4n) is 6.38. The van der Waals surface area contributed by atoms with Crippen LogP contribution in [0, 0.1) is 23.7 Å². The predicted molar refractivity (Wildman–Crippen MR) is 253 cm³/mol. The average Bonchev–Trinajstić information content (AvgIpc) is 3.22. The highest BCUT2D eigenvalue weighted by Crippen LogP contribution is 2.12. The summed E-state index contributed by atoms with van der Waals surface area (Å²) >= 11 is 12.8. The van der Waals surface area contributed by atoms with E-state index in [0.29, 0.717) is 6.42 Å². The van der Waals surface area contributed by atoms with E-state index in [1.54, 1.807) is 27.7 Å². The summed E-state index contributed by atoms with van der Waals surface area (Å²) < 4.78 is 0. The number of nitrogens with zero attached hydrogens (tertiary/aromatic N) is 1. The smallest absolute Gasteiger partial charge is 0.244 e. The van der Waals surface area contributed by atoms with Gasteiger partial charge in [0.1, 0.15) is 48.3 Å². The Kier molecular flexibility index (Phi) is 26.2. The minimum atomic E-state index is -1.33. The summed E-state index contributed by atoms with van der Waals surface area (Å²) in [6, 6.07) is -9.92. The van der Waals surface area contributed by atoms with Crippen LogP contribution in [0.15, 0.2) is 4.99 Å². The first kappa shape index (κ1) is 57.6. The lowest BCUT2D eigenvalue weighted by molar-refractivity contribution is -0.135. The summed E-state index contributed by atoms with van der Waals surface area (Å²) in [6.45, 7) is 13.6. The highest BCUT2D eigenvalue weighted by atomic mass is 32.1. The third-order valence-corrected chi connectivity index (χ3v) is 11.3. The first-order chi connectivity index (χ1) is 30.0. The maximum absolute atomic E-state index is 13.8. The van der Waals surface area contributed by atoms with Crippen molar-refractivity contribution in [3.05, 3.63) is 0 Å². The molecule has 1 aliphatic heterocycles. The molecule has 0 aliphatic carbocycles. The van der Waals surface area contributed by atoms with E-state index in [1.165, 1.54) is 0 Å². The molecule has 64 heavy (non-hydrogen) atoms. The van der Waals surface area contributed by atoms with E-state index >= 15 is 0 Å². The SMILES string of the molecule is CC[C@H](C)[C@@H]1NC(=O)CNC(=O)[C@H](CC(C)C)NC(=O)[C@H](C(C)C)NC(=O)[C@H](CS)NC(=O)[C@H](CC(C)C)NC(=O)[C@H](CS)NC(=O)[C@H](CCCN=C(N)N)NC(=O)[C@H](CS)NC1=O. The van der Waals surface area contributed by atoms with Crippen LogP contribution in [0.1, 0.15) is 87.5 Å². The number of aliphatic imine (C=N–C) groups is 1. The first-order valence-electron chi connectivity index (χ1n) is 21.6. The minimum absolute atomic E-state index is 0.0257. The monoisotopic (exact) mass is 960 g/mol. The molecule has 1 fully saturated rings. The lowest BCUT2D eigenvalue weighted by atomic mass is 9.97. The lowest BCUT2D eigenvalue weighted by Gasteiger charge is -2.29. The van der Waals surface area contributed by atoms with E-state index in [4.69, 9.17) is 11.5 Å². The molecule has 0 aromatic carbocycles. The summed E-state index contributed by atoms with van der Waals surface area (Å²) in [4.78, 5) is 127. The van der Waals surface area contributed by atoms with E-state index in [0.717, 1.165) is 0 Å². The Hall–Kier alpha value is -4.45. The summed E-state index contributed by atoms with van der Waals surface area (Å²) in [5, 5.41) is 23.5. The number of rotatable bonds is 14. The van der Waals surface area contributed by atoms with Crippen molar-refractivity contribution in [2.75, 3.05) is 30.3 Å². The number of nitrogens with two attached hydrogens (primary N) is 2. The molecule has 0 bridgehead atoms. The molecule has 24 heteroatoms. The zero-order valence-corrected chi connectivity index (χ0v) is 40.8. The fourth-order valence-corrected chi connectivity index (χ4v) is 7.15. The molecule has 21 nitrogen and oxygen atoms in total. The normalized spacial score (nSPS) is 26.2. The summed E-state index contributed by atoms with van der Waals surface area (Å²) in [7, 11) is 0. The number of thiol groups is 3. The average molecular weight is 961 g/mol. The number of hydrogen-bond donors (Lipinski definition) is 14. The number of hydrogen-bond acceptors (Lipinski definition) is 13. The van der Waals surface area contributed by atoms with Crippen LogP contribution in [0.25, 0.3) is 0 Å². The molecule has 9 atom stereocenters. The van der Waals surface area contributed by atoms with Crippen molar-refractivity contribution in [1.82, 2.24) is 47.9 Å². The lowest BCUT2D eigenvalue weighted by Crippen LogP contribution is -2.61. The van der Waals surface area contributed by atoms with Gasteiger partial charge in [-0.1, -0.05) is 61.8 Å². The molecule has 1 aliphatic rings. The molecule has 0 saturated carbocycles. The molecule has 0 aromatic rings. The van der Waals surface area contributed by atoms with E-state index in [2.05, 4.69) is 90.7 Å². The topological polar surface area (TPSA) is 326 Å². The quantitative estimate of drug-likeness (QED) is 0.0378. The second-order valence-electron chi connectivity index (χ2n) is 17.0.